The van der Waals surface area contributed by atoms with Crippen molar-refractivity contribution >= 4 is 11.8 Å². The highest BCUT2D eigenvalue weighted by molar-refractivity contribution is 5.84. The lowest BCUT2D eigenvalue weighted by molar-refractivity contribution is -0.127. The fourth-order valence-electron chi connectivity index (χ4n) is 1.62. The average Bonchev–Trinajstić information content (AvgIpc) is 2.43. The molecule has 0 spiro atoms. The van der Waals surface area contributed by atoms with Crippen LogP contribution in [0.3, 0.4) is 0 Å². The van der Waals surface area contributed by atoms with Crippen LogP contribution in [-0.2, 0) is 16.0 Å². The second-order valence-electron chi connectivity index (χ2n) is 5.60. The molecule has 0 bridgehead atoms. The van der Waals surface area contributed by atoms with Crippen LogP contribution in [0.1, 0.15) is 25.8 Å². The van der Waals surface area contributed by atoms with E-state index in [4.69, 9.17) is 11.5 Å². The van der Waals surface area contributed by atoms with Gasteiger partial charge in [0.2, 0.25) is 11.8 Å². The van der Waals surface area contributed by atoms with Crippen LogP contribution in [-0.4, -0.2) is 24.4 Å². The predicted molar refractivity (Wildman–Crippen MR) is 78.7 cm³/mol. The van der Waals surface area contributed by atoms with Gasteiger partial charge in [0.1, 0.15) is 0 Å². The number of nitrogens with two attached hydrogens (primary N) is 2. The third kappa shape index (κ3) is 5.01. The molecule has 0 aliphatic rings. The Kier molecular flexibility index (Phi) is 5.70. The summed E-state index contributed by atoms with van der Waals surface area (Å²) in [4.78, 5) is 23.0. The summed E-state index contributed by atoms with van der Waals surface area (Å²) >= 11 is 0. The molecule has 0 radical (unpaired) electrons. The Balaban J connectivity index is 2.38. The van der Waals surface area contributed by atoms with E-state index in [-0.39, 0.29) is 12.5 Å². The highest BCUT2D eigenvalue weighted by Crippen LogP contribution is 2.12. The van der Waals surface area contributed by atoms with Gasteiger partial charge in [-0.15, -0.1) is 0 Å². The normalized spacial score (nSPS) is 12.8. The zero-order valence-corrected chi connectivity index (χ0v) is 12.1. The largest absolute Gasteiger partial charge is 0.369 e. The third-order valence-corrected chi connectivity index (χ3v) is 3.30. The lowest BCUT2D eigenvalue weighted by Crippen LogP contribution is -2.47. The minimum Gasteiger partial charge on any atom is -0.369 e. The third-order valence-electron chi connectivity index (χ3n) is 3.30. The van der Waals surface area contributed by atoms with Gasteiger partial charge in [-0.1, -0.05) is 30.3 Å². The molecule has 0 aliphatic carbocycles. The molecular weight excluding hydrogens is 254 g/mol. The Morgan fingerprint density at radius 3 is 2.40 bits per heavy atom. The number of hydrogen-bond donors (Lipinski definition) is 3. The van der Waals surface area contributed by atoms with Gasteiger partial charge in [-0.2, -0.15) is 0 Å². The first-order chi connectivity index (χ1) is 9.33. The first kappa shape index (κ1) is 16.2. The molecule has 1 aromatic rings. The SMILES string of the molecule is CC(C)(CNC(=O)C(N)CCc1ccccc1)C(N)=O. The molecule has 5 nitrogen and oxygen atoms in total. The fourth-order valence-corrected chi connectivity index (χ4v) is 1.62. The summed E-state index contributed by atoms with van der Waals surface area (Å²) in [6.07, 6.45) is 1.31. The molecule has 1 aromatic carbocycles. The van der Waals surface area contributed by atoms with Gasteiger partial charge in [0.25, 0.3) is 0 Å². The summed E-state index contributed by atoms with van der Waals surface area (Å²) in [5.74, 6) is -0.703. The predicted octanol–water partition coefficient (Wildman–Crippen LogP) is 0.574. The average molecular weight is 277 g/mol. The summed E-state index contributed by atoms with van der Waals surface area (Å²) < 4.78 is 0. The van der Waals surface area contributed by atoms with Crippen molar-refractivity contribution in [1.29, 1.82) is 0 Å². The molecule has 0 saturated heterocycles. The first-order valence-electron chi connectivity index (χ1n) is 6.70. The van der Waals surface area contributed by atoms with Gasteiger partial charge < -0.3 is 16.8 Å². The number of benzene rings is 1. The zero-order chi connectivity index (χ0) is 15.2. The van der Waals surface area contributed by atoms with Crippen LogP contribution >= 0.6 is 0 Å². The van der Waals surface area contributed by atoms with Crippen LogP contribution in [0.5, 0.6) is 0 Å². The summed E-state index contributed by atoms with van der Waals surface area (Å²) in [6.45, 7) is 3.57. The molecule has 5 heteroatoms. The summed E-state index contributed by atoms with van der Waals surface area (Å²) in [5, 5.41) is 2.68. The van der Waals surface area contributed by atoms with Crippen LogP contribution in [0.25, 0.3) is 0 Å². The van der Waals surface area contributed by atoms with E-state index in [9.17, 15) is 9.59 Å². The van der Waals surface area contributed by atoms with Gasteiger partial charge in [-0.05, 0) is 32.3 Å². The number of amides is 2. The van der Waals surface area contributed by atoms with E-state index in [2.05, 4.69) is 5.32 Å². The van der Waals surface area contributed by atoms with Gasteiger partial charge in [0.05, 0.1) is 11.5 Å². The molecule has 110 valence electrons. The van der Waals surface area contributed by atoms with Gasteiger partial charge >= 0.3 is 0 Å². The van der Waals surface area contributed by atoms with Crippen LogP contribution in [0.2, 0.25) is 0 Å². The molecule has 0 fully saturated rings. The van der Waals surface area contributed by atoms with Crippen molar-refractivity contribution in [3.05, 3.63) is 35.9 Å². The molecule has 0 heterocycles. The quantitative estimate of drug-likeness (QED) is 0.679. The van der Waals surface area contributed by atoms with E-state index >= 15 is 0 Å². The molecule has 20 heavy (non-hydrogen) atoms. The van der Waals surface area contributed by atoms with Crippen molar-refractivity contribution in [2.75, 3.05) is 6.54 Å². The van der Waals surface area contributed by atoms with E-state index in [1.54, 1.807) is 13.8 Å². The second-order valence-corrected chi connectivity index (χ2v) is 5.60. The Morgan fingerprint density at radius 1 is 1.25 bits per heavy atom. The number of hydrogen-bond acceptors (Lipinski definition) is 3. The number of aryl methyl sites for hydroxylation is 1. The van der Waals surface area contributed by atoms with Gasteiger partial charge in [0.15, 0.2) is 0 Å². The summed E-state index contributed by atoms with van der Waals surface area (Å²) in [7, 11) is 0. The maximum absolute atomic E-state index is 11.8. The monoisotopic (exact) mass is 277 g/mol. The summed E-state index contributed by atoms with van der Waals surface area (Å²) in [5.41, 5.74) is 11.5. The van der Waals surface area contributed by atoms with Gasteiger partial charge in [0, 0.05) is 6.54 Å². The van der Waals surface area contributed by atoms with E-state index in [0.29, 0.717) is 6.42 Å². The number of carbonyl (C=O) groups is 2. The topological polar surface area (TPSA) is 98.2 Å². The molecule has 0 saturated carbocycles. The molecule has 2 amide bonds. The Bertz CT molecular complexity index is 457. The molecule has 1 unspecified atom stereocenters. The van der Waals surface area contributed by atoms with E-state index in [1.807, 2.05) is 30.3 Å². The van der Waals surface area contributed by atoms with E-state index < -0.39 is 17.4 Å². The van der Waals surface area contributed by atoms with Gasteiger partial charge in [-0.25, -0.2) is 0 Å². The molecular formula is C15H23N3O2. The highest BCUT2D eigenvalue weighted by Gasteiger charge is 2.26. The molecule has 1 atom stereocenters. The maximum Gasteiger partial charge on any atom is 0.236 e. The minimum atomic E-state index is -0.769. The molecule has 0 aliphatic heterocycles. The Labute approximate surface area is 119 Å². The van der Waals surface area contributed by atoms with E-state index in [0.717, 1.165) is 12.0 Å². The van der Waals surface area contributed by atoms with Crippen molar-refractivity contribution < 1.29 is 9.59 Å². The number of primary amides is 1. The van der Waals surface area contributed by atoms with Crippen LogP contribution in [0.4, 0.5) is 0 Å². The van der Waals surface area contributed by atoms with Gasteiger partial charge in [-0.3, -0.25) is 9.59 Å². The lowest BCUT2D eigenvalue weighted by atomic mass is 9.92. The fraction of sp³-hybridized carbons (Fsp3) is 0.467. The molecule has 0 aromatic heterocycles. The smallest absolute Gasteiger partial charge is 0.236 e. The number of carbonyl (C=O) groups excluding carboxylic acids is 2. The second kappa shape index (κ2) is 7.05. The zero-order valence-electron chi connectivity index (χ0n) is 12.1. The van der Waals surface area contributed by atoms with Crippen molar-refractivity contribution in [3.63, 3.8) is 0 Å². The number of nitrogens with one attached hydrogen (secondary N) is 1. The minimum absolute atomic E-state index is 0.195. The van der Waals surface area contributed by atoms with Crippen LogP contribution < -0.4 is 16.8 Å². The first-order valence-corrected chi connectivity index (χ1v) is 6.70. The maximum atomic E-state index is 11.8. The molecule has 5 N–H and O–H groups in total. The molecule has 1 rings (SSSR count). The van der Waals surface area contributed by atoms with Crippen LogP contribution in [0.15, 0.2) is 30.3 Å². The van der Waals surface area contributed by atoms with Crippen molar-refractivity contribution in [2.45, 2.75) is 32.7 Å². The van der Waals surface area contributed by atoms with E-state index in [1.165, 1.54) is 0 Å². The number of rotatable bonds is 7. The highest BCUT2D eigenvalue weighted by atomic mass is 16.2. The Morgan fingerprint density at radius 2 is 1.85 bits per heavy atom. The van der Waals surface area contributed by atoms with Crippen molar-refractivity contribution in [3.8, 4) is 0 Å². The Hall–Kier alpha value is -1.88. The van der Waals surface area contributed by atoms with Crippen molar-refractivity contribution in [1.82, 2.24) is 5.32 Å². The standard InChI is InChI=1S/C15H23N3O2/c1-15(2,14(17)20)10-18-13(19)12(16)9-8-11-6-4-3-5-7-11/h3-7,12H,8-10,16H2,1-2H3,(H2,17,20)(H,18,19). The van der Waals surface area contributed by atoms with Crippen molar-refractivity contribution in [2.24, 2.45) is 16.9 Å². The lowest BCUT2D eigenvalue weighted by Gasteiger charge is -2.22. The summed E-state index contributed by atoms with van der Waals surface area (Å²) in [6, 6.07) is 9.27. The van der Waals surface area contributed by atoms with Crippen LogP contribution in [0, 0.1) is 5.41 Å².